The van der Waals surface area contributed by atoms with Crippen molar-refractivity contribution in [3.8, 4) is 0 Å². The number of hydrogen-bond acceptors (Lipinski definition) is 9. The first-order valence-electron chi connectivity index (χ1n) is 10.8. The molecule has 1 aliphatic heterocycles. The molecule has 3 aromatic rings. The Labute approximate surface area is 214 Å². The molecule has 37 heavy (non-hydrogen) atoms. The van der Waals surface area contributed by atoms with Crippen LogP contribution in [0.4, 0.5) is 10.1 Å². The van der Waals surface area contributed by atoms with Gasteiger partial charge in [0.1, 0.15) is 29.3 Å². The minimum atomic E-state index is -4.85. The third-order valence-corrected chi connectivity index (χ3v) is 9.31. The van der Waals surface area contributed by atoms with Gasteiger partial charge in [-0.05, 0) is 30.7 Å². The highest BCUT2D eigenvalue weighted by Gasteiger charge is 2.46. The lowest BCUT2D eigenvalue weighted by Crippen LogP contribution is -2.33. The highest BCUT2D eigenvalue weighted by atomic mass is 35.5. The van der Waals surface area contributed by atoms with Crippen LogP contribution in [-0.4, -0.2) is 70.5 Å². The zero-order valence-electron chi connectivity index (χ0n) is 19.1. The third kappa shape index (κ3) is 6.55. The van der Waals surface area contributed by atoms with Crippen molar-refractivity contribution >= 4 is 43.5 Å². The second-order valence-electron chi connectivity index (χ2n) is 8.52. The Morgan fingerprint density at radius 3 is 2.54 bits per heavy atom. The highest BCUT2D eigenvalue weighted by Crippen LogP contribution is 2.55. The van der Waals surface area contributed by atoms with Crippen LogP contribution in [0, 0.1) is 5.82 Å². The van der Waals surface area contributed by atoms with E-state index in [9.17, 15) is 28.6 Å². The molecule has 17 heteroatoms. The lowest BCUT2D eigenvalue weighted by Gasteiger charge is -2.18. The number of hydrogen-bond donors (Lipinski definition) is 6. The van der Waals surface area contributed by atoms with Gasteiger partial charge in [-0.1, -0.05) is 23.7 Å². The van der Waals surface area contributed by atoms with Crippen molar-refractivity contribution in [1.82, 2.24) is 14.8 Å². The Balaban J connectivity index is 1.55. The average molecular weight is 581 g/mol. The van der Waals surface area contributed by atoms with Crippen molar-refractivity contribution in [1.29, 1.82) is 0 Å². The summed E-state index contributed by atoms with van der Waals surface area (Å²) in [4.78, 5) is 31.7. The molecule has 1 unspecified atom stereocenters. The number of benzene rings is 1. The van der Waals surface area contributed by atoms with Crippen molar-refractivity contribution in [3.63, 3.8) is 0 Å². The minimum Gasteiger partial charge on any atom is -0.387 e. The molecule has 0 spiro atoms. The summed E-state index contributed by atoms with van der Waals surface area (Å²) in [5.41, 5.74) is 1.52. The number of ether oxygens (including phenoxy) is 1. The summed E-state index contributed by atoms with van der Waals surface area (Å²) in [5.74, 6) is -1.77. The summed E-state index contributed by atoms with van der Waals surface area (Å²) < 4.78 is 47.7. The van der Waals surface area contributed by atoms with E-state index in [0.717, 1.165) is 5.56 Å². The van der Waals surface area contributed by atoms with Gasteiger partial charge in [0.15, 0.2) is 17.8 Å². The van der Waals surface area contributed by atoms with Gasteiger partial charge in [-0.2, -0.15) is 5.10 Å². The number of halogens is 2. The molecule has 0 bridgehead atoms. The summed E-state index contributed by atoms with van der Waals surface area (Å²) in [6.07, 6.45) is -4.34. The number of nitrogens with one attached hydrogen (secondary N) is 1. The fourth-order valence-electron chi connectivity index (χ4n) is 3.89. The molecule has 3 heterocycles. The number of aliphatic hydroxyl groups excluding tert-OH is 2. The molecule has 4 rings (SSSR count). The van der Waals surface area contributed by atoms with E-state index in [1.807, 2.05) is 6.92 Å². The Bertz CT molecular complexity index is 1370. The highest BCUT2D eigenvalue weighted by molar-refractivity contribution is 7.70. The van der Waals surface area contributed by atoms with Crippen LogP contribution >= 0.6 is 26.8 Å². The molecule has 6 N–H and O–H groups in total. The smallest absolute Gasteiger partial charge is 0.340 e. The first kappa shape index (κ1) is 28.1. The number of aromatic nitrogens is 3. The molecule has 202 valence electrons. The summed E-state index contributed by atoms with van der Waals surface area (Å²) in [7, 11) is -9.55. The van der Waals surface area contributed by atoms with Gasteiger partial charge in [-0.15, -0.1) is 0 Å². The Hall–Kier alpha value is -1.96. The summed E-state index contributed by atoms with van der Waals surface area (Å²) in [6.45, 7) is 1.12. The molecule has 0 radical (unpaired) electrons. The van der Waals surface area contributed by atoms with E-state index in [2.05, 4.69) is 15.4 Å². The molecule has 0 aliphatic carbocycles. The van der Waals surface area contributed by atoms with E-state index in [4.69, 9.17) is 30.6 Å². The molecule has 1 aliphatic rings. The quantitative estimate of drug-likeness (QED) is 0.160. The molecular formula is C20H24ClFN4O9P2. The number of fused-ring (bicyclic) bond motifs is 1. The maximum Gasteiger partial charge on any atom is 0.340 e. The Morgan fingerprint density at radius 1 is 1.22 bits per heavy atom. The normalized spacial score (nSPS) is 24.8. The molecule has 1 aromatic carbocycles. The number of anilines is 1. The number of aliphatic hydroxyl groups is 2. The van der Waals surface area contributed by atoms with Crippen molar-refractivity contribution in [2.24, 2.45) is 0 Å². The average Bonchev–Trinajstić information content (AvgIpc) is 3.32. The molecule has 0 saturated carbocycles. The van der Waals surface area contributed by atoms with Gasteiger partial charge < -0.3 is 39.5 Å². The first-order chi connectivity index (χ1) is 17.2. The second-order valence-corrected chi connectivity index (χ2v) is 12.9. The van der Waals surface area contributed by atoms with Crippen LogP contribution in [0.1, 0.15) is 24.8 Å². The lowest BCUT2D eigenvalue weighted by atomic mass is 10.1. The second kappa shape index (κ2) is 10.7. The van der Waals surface area contributed by atoms with E-state index < -0.39 is 52.2 Å². The maximum absolute atomic E-state index is 13.3. The topological polar surface area (TPSA) is 196 Å². The number of pyridine rings is 1. The van der Waals surface area contributed by atoms with Crippen LogP contribution in [0.25, 0.3) is 11.0 Å². The van der Waals surface area contributed by atoms with Crippen molar-refractivity contribution < 1.29 is 47.7 Å². The number of nitrogens with zero attached hydrogens (tertiary/aromatic N) is 3. The zero-order chi connectivity index (χ0) is 27.1. The molecule has 13 nitrogen and oxygen atoms in total. The summed E-state index contributed by atoms with van der Waals surface area (Å²) >= 11 is 6.22. The van der Waals surface area contributed by atoms with Crippen molar-refractivity contribution in [2.45, 2.75) is 37.5 Å². The van der Waals surface area contributed by atoms with E-state index in [1.165, 1.54) is 23.0 Å². The van der Waals surface area contributed by atoms with Gasteiger partial charge in [0.2, 0.25) is 0 Å². The first-order valence-corrected chi connectivity index (χ1v) is 14.8. The van der Waals surface area contributed by atoms with Crippen LogP contribution in [0.15, 0.2) is 36.5 Å². The van der Waals surface area contributed by atoms with E-state index in [1.54, 1.807) is 18.2 Å². The van der Waals surface area contributed by atoms with Gasteiger partial charge in [-0.25, -0.2) is 14.1 Å². The predicted molar refractivity (Wildman–Crippen MR) is 130 cm³/mol. The Morgan fingerprint density at radius 2 is 1.89 bits per heavy atom. The summed E-state index contributed by atoms with van der Waals surface area (Å²) in [6, 6.07) is 7.25. The molecule has 1 saturated heterocycles. The van der Waals surface area contributed by atoms with Crippen LogP contribution in [0.3, 0.4) is 0 Å². The molecule has 1 fully saturated rings. The largest absolute Gasteiger partial charge is 0.387 e. The zero-order valence-corrected chi connectivity index (χ0v) is 21.7. The van der Waals surface area contributed by atoms with Gasteiger partial charge in [0.25, 0.3) is 0 Å². The van der Waals surface area contributed by atoms with E-state index >= 15 is 0 Å². The summed E-state index contributed by atoms with van der Waals surface area (Å²) in [5, 5.41) is 29.0. The van der Waals surface area contributed by atoms with Gasteiger partial charge >= 0.3 is 15.2 Å². The van der Waals surface area contributed by atoms with Gasteiger partial charge in [-0.3, -0.25) is 9.13 Å². The van der Waals surface area contributed by atoms with E-state index in [0.29, 0.717) is 11.1 Å². The fraction of sp³-hybridized carbons (Fsp3) is 0.400. The monoisotopic (exact) mass is 580 g/mol. The van der Waals surface area contributed by atoms with Gasteiger partial charge in [0.05, 0.1) is 23.9 Å². The fourth-order valence-corrected chi connectivity index (χ4v) is 6.65. The third-order valence-electron chi connectivity index (χ3n) is 5.66. The van der Waals surface area contributed by atoms with Gasteiger partial charge in [0, 0.05) is 6.04 Å². The lowest BCUT2D eigenvalue weighted by molar-refractivity contribution is -0.0541. The predicted octanol–water partition coefficient (Wildman–Crippen LogP) is 2.35. The Kier molecular flexibility index (Phi) is 8.08. The van der Waals surface area contributed by atoms with E-state index in [-0.39, 0.29) is 22.7 Å². The van der Waals surface area contributed by atoms with Crippen molar-refractivity contribution in [3.05, 3.63) is 53.1 Å². The molecule has 2 aromatic heterocycles. The van der Waals surface area contributed by atoms with Crippen LogP contribution in [0.5, 0.6) is 0 Å². The van der Waals surface area contributed by atoms with Crippen LogP contribution in [-0.2, 0) is 18.4 Å². The van der Waals surface area contributed by atoms with Crippen molar-refractivity contribution in [2.75, 3.05) is 17.8 Å². The standard InChI is InChI=1S/C20H24ClFN4O9P2/c1-10(11-2-4-12(22)5-3-11)24-14-6-16(21)25-19-13(14)7-23-26(19)20-18(28)17(27)15(35-20)8-34-37(32,33)9-36(29,30)31/h2-7,10,15,17-18,20,27-28H,8-9H2,1H3,(H,24,25)(H,32,33)(H2,29,30,31)/t10-,15+,17+,18+,20+/m0/s1. The van der Waals surface area contributed by atoms with Crippen LogP contribution < -0.4 is 5.32 Å². The molecule has 6 atom stereocenters. The van der Waals surface area contributed by atoms with Crippen LogP contribution in [0.2, 0.25) is 5.15 Å². The maximum atomic E-state index is 13.3. The molecular weight excluding hydrogens is 557 g/mol. The SMILES string of the molecule is C[C@H](Nc1cc(Cl)nc2c1cnn2[C@@H]1O[C@H](COP(=O)(O)CP(=O)(O)O)[C@@H](O)[C@H]1O)c1ccc(F)cc1. The number of rotatable bonds is 9. The molecule has 0 amide bonds. The minimum absolute atomic E-state index is 0.0784.